The zero-order chi connectivity index (χ0) is 18.0. The van der Waals surface area contributed by atoms with Crippen LogP contribution in [0.1, 0.15) is 35.7 Å². The highest BCUT2D eigenvalue weighted by atomic mass is 16.2. The number of likely N-dealkylation sites (tertiary alicyclic amines) is 1. The van der Waals surface area contributed by atoms with Gasteiger partial charge in [-0.2, -0.15) is 0 Å². The van der Waals surface area contributed by atoms with Crippen LogP contribution in [0.15, 0.2) is 24.3 Å². The predicted octanol–water partition coefficient (Wildman–Crippen LogP) is 0.938. The molecule has 7 nitrogen and oxygen atoms in total. The van der Waals surface area contributed by atoms with E-state index in [-0.39, 0.29) is 37.0 Å². The van der Waals surface area contributed by atoms with Gasteiger partial charge in [-0.1, -0.05) is 19.1 Å². The number of benzene rings is 1. The molecule has 3 N–H and O–H groups in total. The lowest BCUT2D eigenvalue weighted by Gasteiger charge is -2.39. The quantitative estimate of drug-likeness (QED) is 0.795. The van der Waals surface area contributed by atoms with Gasteiger partial charge in [0.1, 0.15) is 0 Å². The van der Waals surface area contributed by atoms with Gasteiger partial charge in [0, 0.05) is 24.7 Å². The first-order valence-corrected chi connectivity index (χ1v) is 8.69. The van der Waals surface area contributed by atoms with E-state index in [1.165, 1.54) is 4.90 Å². The largest absolute Gasteiger partial charge is 0.334 e. The molecule has 3 rings (SSSR count). The maximum atomic E-state index is 12.8. The molecular formula is C18H24N4O3. The van der Waals surface area contributed by atoms with Crippen LogP contribution < -0.4 is 11.1 Å². The molecule has 0 unspecified atom stereocenters. The van der Waals surface area contributed by atoms with E-state index in [1.54, 1.807) is 24.3 Å². The van der Waals surface area contributed by atoms with Crippen molar-refractivity contribution in [3.8, 4) is 0 Å². The van der Waals surface area contributed by atoms with Crippen molar-refractivity contribution in [1.82, 2.24) is 15.1 Å². The molecule has 7 heteroatoms. The molecule has 2 aliphatic rings. The molecule has 0 radical (unpaired) electrons. The van der Waals surface area contributed by atoms with E-state index in [2.05, 4.69) is 12.2 Å². The van der Waals surface area contributed by atoms with Gasteiger partial charge in [-0.05, 0) is 36.5 Å². The van der Waals surface area contributed by atoms with Crippen molar-refractivity contribution in [1.29, 1.82) is 0 Å². The zero-order valence-electron chi connectivity index (χ0n) is 14.4. The van der Waals surface area contributed by atoms with E-state index in [0.717, 1.165) is 24.9 Å². The molecule has 0 spiro atoms. The lowest BCUT2D eigenvalue weighted by Crippen LogP contribution is -2.51. The lowest BCUT2D eigenvalue weighted by atomic mass is 9.90. The van der Waals surface area contributed by atoms with Gasteiger partial charge >= 0.3 is 6.03 Å². The van der Waals surface area contributed by atoms with Crippen LogP contribution in [0.3, 0.4) is 0 Å². The van der Waals surface area contributed by atoms with Gasteiger partial charge in [0.05, 0.1) is 13.1 Å². The summed E-state index contributed by atoms with van der Waals surface area (Å²) in [4.78, 5) is 39.1. The zero-order valence-corrected chi connectivity index (χ0v) is 14.4. The summed E-state index contributed by atoms with van der Waals surface area (Å²) in [7, 11) is 0. The van der Waals surface area contributed by atoms with E-state index in [1.807, 2.05) is 4.90 Å². The molecule has 2 fully saturated rings. The third kappa shape index (κ3) is 3.51. The first kappa shape index (κ1) is 17.4. The molecule has 2 atom stereocenters. The third-order valence-corrected chi connectivity index (χ3v) is 5.10. The first-order valence-electron chi connectivity index (χ1n) is 8.69. The van der Waals surface area contributed by atoms with Crippen molar-refractivity contribution < 1.29 is 14.4 Å². The molecule has 0 bridgehead atoms. The SMILES string of the molecule is C[C@@H]1CCCN(C(=O)c2ccc(CN3C(=O)CNC3=O)cc2)[C@H]1CN. The van der Waals surface area contributed by atoms with Crippen LogP contribution in [-0.2, 0) is 11.3 Å². The molecule has 1 aromatic rings. The van der Waals surface area contributed by atoms with Crippen LogP contribution in [0.5, 0.6) is 0 Å². The van der Waals surface area contributed by atoms with Gasteiger partial charge in [0.15, 0.2) is 0 Å². The average molecular weight is 344 g/mol. The Labute approximate surface area is 147 Å². The van der Waals surface area contributed by atoms with E-state index in [4.69, 9.17) is 5.73 Å². The van der Waals surface area contributed by atoms with Gasteiger partial charge in [0.25, 0.3) is 5.91 Å². The van der Waals surface area contributed by atoms with Crippen molar-refractivity contribution in [3.05, 3.63) is 35.4 Å². The van der Waals surface area contributed by atoms with E-state index in [9.17, 15) is 14.4 Å². The van der Waals surface area contributed by atoms with Crippen molar-refractivity contribution >= 4 is 17.8 Å². The molecule has 0 saturated carbocycles. The Bertz CT molecular complexity index is 657. The molecule has 2 saturated heterocycles. The number of nitrogens with one attached hydrogen (secondary N) is 1. The second-order valence-corrected chi connectivity index (χ2v) is 6.76. The Balaban J connectivity index is 1.70. The Kier molecular flexibility index (Phi) is 5.03. The summed E-state index contributed by atoms with van der Waals surface area (Å²) in [6.45, 7) is 3.60. The second kappa shape index (κ2) is 7.23. The summed E-state index contributed by atoms with van der Waals surface area (Å²) in [6, 6.07) is 6.78. The number of hydrogen-bond acceptors (Lipinski definition) is 4. The Morgan fingerprint density at radius 1 is 1.28 bits per heavy atom. The number of rotatable bonds is 4. The third-order valence-electron chi connectivity index (χ3n) is 5.10. The minimum absolute atomic E-state index is 0.0106. The number of hydrogen-bond donors (Lipinski definition) is 2. The fourth-order valence-electron chi connectivity index (χ4n) is 3.58. The number of nitrogens with zero attached hydrogens (tertiary/aromatic N) is 2. The van der Waals surface area contributed by atoms with Crippen LogP contribution in [0.25, 0.3) is 0 Å². The van der Waals surface area contributed by atoms with Crippen molar-refractivity contribution in [2.45, 2.75) is 32.4 Å². The summed E-state index contributed by atoms with van der Waals surface area (Å²) in [5.41, 5.74) is 7.29. The van der Waals surface area contributed by atoms with Gasteiger partial charge in [-0.3, -0.25) is 14.5 Å². The maximum Gasteiger partial charge on any atom is 0.324 e. The number of amides is 4. The van der Waals surface area contributed by atoms with Gasteiger partial charge in [0.2, 0.25) is 5.91 Å². The highest BCUT2D eigenvalue weighted by Gasteiger charge is 2.31. The topological polar surface area (TPSA) is 95.7 Å². The molecule has 25 heavy (non-hydrogen) atoms. The molecular weight excluding hydrogens is 320 g/mol. The van der Waals surface area contributed by atoms with Crippen molar-refractivity contribution in [3.63, 3.8) is 0 Å². The number of carbonyl (C=O) groups is 3. The standard InChI is InChI=1S/C18H24N4O3/c1-12-3-2-8-21(15(12)9-19)17(24)14-6-4-13(5-7-14)11-22-16(23)10-20-18(22)25/h4-7,12,15H,2-3,8-11,19H2,1H3,(H,20,25)/t12-,15+/m1/s1. The average Bonchev–Trinajstić information content (AvgIpc) is 2.93. The van der Waals surface area contributed by atoms with Gasteiger partial charge < -0.3 is 16.0 Å². The van der Waals surface area contributed by atoms with Crippen LogP contribution in [-0.4, -0.2) is 53.3 Å². The van der Waals surface area contributed by atoms with Crippen LogP contribution in [0.4, 0.5) is 4.79 Å². The van der Waals surface area contributed by atoms with E-state index >= 15 is 0 Å². The minimum atomic E-state index is -0.377. The molecule has 134 valence electrons. The molecule has 0 aromatic heterocycles. The number of nitrogens with two attached hydrogens (primary N) is 1. The fourth-order valence-corrected chi connectivity index (χ4v) is 3.58. The minimum Gasteiger partial charge on any atom is -0.334 e. The summed E-state index contributed by atoms with van der Waals surface area (Å²) in [6.07, 6.45) is 2.09. The summed E-state index contributed by atoms with van der Waals surface area (Å²) in [5, 5.41) is 2.49. The smallest absolute Gasteiger partial charge is 0.324 e. The number of urea groups is 1. The fraction of sp³-hybridized carbons (Fsp3) is 0.500. The molecule has 0 aliphatic carbocycles. The summed E-state index contributed by atoms with van der Waals surface area (Å²) >= 11 is 0. The number of imide groups is 1. The molecule has 2 heterocycles. The summed E-state index contributed by atoms with van der Waals surface area (Å²) < 4.78 is 0. The second-order valence-electron chi connectivity index (χ2n) is 6.76. The Hall–Kier alpha value is -2.41. The Morgan fingerprint density at radius 3 is 2.60 bits per heavy atom. The van der Waals surface area contributed by atoms with Gasteiger partial charge in [-0.15, -0.1) is 0 Å². The van der Waals surface area contributed by atoms with Crippen LogP contribution in [0.2, 0.25) is 0 Å². The number of carbonyl (C=O) groups excluding carboxylic acids is 3. The lowest BCUT2D eigenvalue weighted by molar-refractivity contribution is -0.125. The molecule has 2 aliphatic heterocycles. The van der Waals surface area contributed by atoms with E-state index in [0.29, 0.717) is 18.0 Å². The van der Waals surface area contributed by atoms with Crippen LogP contribution >= 0.6 is 0 Å². The van der Waals surface area contributed by atoms with Crippen molar-refractivity contribution in [2.75, 3.05) is 19.6 Å². The summed E-state index contributed by atoms with van der Waals surface area (Å²) in [5.74, 6) is 0.156. The van der Waals surface area contributed by atoms with Gasteiger partial charge in [-0.25, -0.2) is 4.79 Å². The maximum absolute atomic E-state index is 12.8. The molecule has 4 amide bonds. The highest BCUT2D eigenvalue weighted by Crippen LogP contribution is 2.24. The Morgan fingerprint density at radius 2 is 2.00 bits per heavy atom. The predicted molar refractivity (Wildman–Crippen MR) is 92.7 cm³/mol. The highest BCUT2D eigenvalue weighted by molar-refractivity contribution is 6.01. The van der Waals surface area contributed by atoms with Crippen LogP contribution in [0, 0.1) is 5.92 Å². The normalized spacial score (nSPS) is 23.8. The van der Waals surface area contributed by atoms with E-state index < -0.39 is 0 Å². The van der Waals surface area contributed by atoms with Crippen molar-refractivity contribution in [2.24, 2.45) is 11.7 Å². The monoisotopic (exact) mass is 344 g/mol. The molecule has 1 aromatic carbocycles. The first-order chi connectivity index (χ1) is 12.0. The number of piperidine rings is 1.